The lowest BCUT2D eigenvalue weighted by molar-refractivity contribution is 0.180. The molecule has 2 aromatic heterocycles. The first kappa shape index (κ1) is 15.5. The predicted molar refractivity (Wildman–Crippen MR) is 79.6 cm³/mol. The molecular formula is C12H15ClN2O3S2. The summed E-state index contributed by atoms with van der Waals surface area (Å²) in [6, 6.07) is 3.78. The number of halogens is 1. The Morgan fingerprint density at radius 3 is 2.85 bits per heavy atom. The molecule has 110 valence electrons. The molecule has 2 rings (SSSR count). The molecule has 0 spiro atoms. The maximum atomic E-state index is 11.3. The lowest BCUT2D eigenvalue weighted by Gasteiger charge is -2.16. The Labute approximate surface area is 127 Å². The van der Waals surface area contributed by atoms with E-state index >= 15 is 0 Å². The van der Waals surface area contributed by atoms with E-state index in [9.17, 15) is 8.42 Å². The summed E-state index contributed by atoms with van der Waals surface area (Å²) in [4.78, 5) is 5.05. The fourth-order valence-corrected chi connectivity index (χ4v) is 3.59. The van der Waals surface area contributed by atoms with Crippen LogP contribution in [-0.2, 0) is 27.3 Å². The molecule has 0 N–H and O–H groups in total. The van der Waals surface area contributed by atoms with Crippen molar-refractivity contribution in [1.29, 1.82) is 0 Å². The lowest BCUT2D eigenvalue weighted by Crippen LogP contribution is -2.23. The minimum Gasteiger partial charge on any atom is -0.335 e. The summed E-state index contributed by atoms with van der Waals surface area (Å²) in [6.07, 6.45) is 7.04. The Kier molecular flexibility index (Phi) is 5.20. The average molecular weight is 335 g/mol. The minimum absolute atomic E-state index is 0.417. The molecule has 20 heavy (non-hydrogen) atoms. The Bertz CT molecular complexity index is 637. The first-order chi connectivity index (χ1) is 9.42. The summed E-state index contributed by atoms with van der Waals surface area (Å²) >= 11 is 7.37. The molecule has 0 aliphatic heterocycles. The summed E-state index contributed by atoms with van der Waals surface area (Å²) in [6.45, 7) is 0.451. The maximum Gasteiger partial charge on any atom is 0.264 e. The third-order valence-corrected chi connectivity index (χ3v) is 4.54. The van der Waals surface area contributed by atoms with Gasteiger partial charge in [0.25, 0.3) is 10.1 Å². The van der Waals surface area contributed by atoms with Crippen LogP contribution in [0.2, 0.25) is 4.34 Å². The van der Waals surface area contributed by atoms with Crippen molar-refractivity contribution in [2.45, 2.75) is 25.5 Å². The molecule has 5 nitrogen and oxygen atoms in total. The van der Waals surface area contributed by atoms with Gasteiger partial charge in [0.2, 0.25) is 0 Å². The Morgan fingerprint density at radius 1 is 1.50 bits per heavy atom. The van der Waals surface area contributed by atoms with Crippen LogP contribution >= 0.6 is 22.9 Å². The van der Waals surface area contributed by atoms with E-state index in [1.807, 2.05) is 12.1 Å². The first-order valence-corrected chi connectivity index (χ1v) is 9.02. The zero-order valence-corrected chi connectivity index (χ0v) is 13.3. The second-order valence-electron chi connectivity index (χ2n) is 4.43. The Morgan fingerprint density at radius 2 is 2.30 bits per heavy atom. The number of thiophene rings is 1. The highest BCUT2D eigenvalue weighted by molar-refractivity contribution is 7.86. The summed E-state index contributed by atoms with van der Waals surface area (Å²) in [5, 5.41) is 0. The molecule has 8 heteroatoms. The summed E-state index contributed by atoms with van der Waals surface area (Å²) in [5.41, 5.74) is 0. The molecule has 0 aliphatic carbocycles. The number of hydrogen-bond acceptors (Lipinski definition) is 5. The quantitative estimate of drug-likeness (QED) is 0.730. The van der Waals surface area contributed by atoms with Gasteiger partial charge < -0.3 is 4.57 Å². The molecule has 0 fully saturated rings. The van der Waals surface area contributed by atoms with Crippen LogP contribution in [0, 0.1) is 0 Å². The van der Waals surface area contributed by atoms with Crippen molar-refractivity contribution in [2.75, 3.05) is 6.26 Å². The van der Waals surface area contributed by atoms with Gasteiger partial charge in [0.05, 0.1) is 29.6 Å². The van der Waals surface area contributed by atoms with Crippen LogP contribution in [0.25, 0.3) is 0 Å². The largest absolute Gasteiger partial charge is 0.335 e. The van der Waals surface area contributed by atoms with Gasteiger partial charge in [0.1, 0.15) is 0 Å². The summed E-state index contributed by atoms with van der Waals surface area (Å²) in [5.74, 6) is 0. The topological polar surface area (TPSA) is 61.2 Å². The van der Waals surface area contributed by atoms with E-state index in [0.29, 0.717) is 13.0 Å². The van der Waals surface area contributed by atoms with Crippen LogP contribution in [0.5, 0.6) is 0 Å². The number of imidazole rings is 1. The third kappa shape index (κ3) is 5.24. The number of aryl methyl sites for hydroxylation is 1. The van der Waals surface area contributed by atoms with Crippen molar-refractivity contribution < 1.29 is 12.6 Å². The van der Waals surface area contributed by atoms with Gasteiger partial charge in [0, 0.05) is 17.3 Å². The molecule has 1 unspecified atom stereocenters. The smallest absolute Gasteiger partial charge is 0.264 e. The van der Waals surface area contributed by atoms with Gasteiger partial charge in [-0.05, 0) is 25.0 Å². The molecule has 0 saturated heterocycles. The summed E-state index contributed by atoms with van der Waals surface area (Å²) in [7, 11) is -3.48. The molecule has 0 amide bonds. The van der Waals surface area contributed by atoms with E-state index in [0.717, 1.165) is 21.9 Å². The molecule has 0 radical (unpaired) electrons. The number of hydrogen-bond donors (Lipinski definition) is 0. The van der Waals surface area contributed by atoms with Crippen molar-refractivity contribution >= 4 is 33.1 Å². The molecular weight excluding hydrogens is 320 g/mol. The van der Waals surface area contributed by atoms with Gasteiger partial charge in [-0.2, -0.15) is 8.42 Å². The maximum absolute atomic E-state index is 11.3. The fourth-order valence-electron chi connectivity index (χ4n) is 1.84. The normalized spacial score (nSPS) is 13.5. The Hall–Kier alpha value is -0.890. The van der Waals surface area contributed by atoms with Crippen LogP contribution in [0.3, 0.4) is 0 Å². The number of rotatable bonds is 7. The molecule has 0 saturated carbocycles. The van der Waals surface area contributed by atoms with E-state index in [1.54, 1.807) is 23.3 Å². The Balaban J connectivity index is 1.98. The predicted octanol–water partition coefficient (Wildman–Crippen LogP) is 2.58. The molecule has 1 atom stereocenters. The monoisotopic (exact) mass is 334 g/mol. The molecule has 0 bridgehead atoms. The van der Waals surface area contributed by atoms with Crippen LogP contribution in [0.1, 0.15) is 11.3 Å². The summed E-state index contributed by atoms with van der Waals surface area (Å²) < 4.78 is 30.3. The number of nitrogens with zero attached hydrogens (tertiary/aromatic N) is 2. The van der Waals surface area contributed by atoms with E-state index in [4.69, 9.17) is 15.8 Å². The SMILES string of the molecule is CS(=O)(=O)OC(CCc1ccc(Cl)s1)Cn1ccnc1. The highest BCUT2D eigenvalue weighted by atomic mass is 35.5. The van der Waals surface area contributed by atoms with E-state index < -0.39 is 16.2 Å². The van der Waals surface area contributed by atoms with Crippen molar-refractivity contribution in [1.82, 2.24) is 9.55 Å². The highest BCUT2D eigenvalue weighted by Gasteiger charge is 2.16. The van der Waals surface area contributed by atoms with Gasteiger partial charge in [0.15, 0.2) is 0 Å². The van der Waals surface area contributed by atoms with Crippen molar-refractivity contribution in [3.8, 4) is 0 Å². The minimum atomic E-state index is -3.48. The number of aromatic nitrogens is 2. The fraction of sp³-hybridized carbons (Fsp3) is 0.417. The first-order valence-electron chi connectivity index (χ1n) is 6.00. The second kappa shape index (κ2) is 6.71. The van der Waals surface area contributed by atoms with Crippen LogP contribution < -0.4 is 0 Å². The van der Waals surface area contributed by atoms with Crippen LogP contribution in [0.15, 0.2) is 30.9 Å². The standard InChI is InChI=1S/C12H15ClN2O3S2/c1-20(16,17)18-10(8-15-7-6-14-9-15)2-3-11-4-5-12(13)19-11/h4-7,9-10H,2-3,8H2,1H3. The van der Waals surface area contributed by atoms with Crippen molar-refractivity contribution in [3.05, 3.63) is 40.1 Å². The zero-order chi connectivity index (χ0) is 14.6. The van der Waals surface area contributed by atoms with Crippen LogP contribution in [0.4, 0.5) is 0 Å². The second-order valence-corrected chi connectivity index (χ2v) is 7.83. The highest BCUT2D eigenvalue weighted by Crippen LogP contribution is 2.23. The zero-order valence-electron chi connectivity index (χ0n) is 10.9. The van der Waals surface area contributed by atoms with Gasteiger partial charge in [-0.25, -0.2) is 4.98 Å². The van der Waals surface area contributed by atoms with Gasteiger partial charge in [-0.1, -0.05) is 11.6 Å². The lowest BCUT2D eigenvalue weighted by atomic mass is 10.2. The van der Waals surface area contributed by atoms with Gasteiger partial charge in [-0.15, -0.1) is 11.3 Å². The average Bonchev–Trinajstić information content (AvgIpc) is 2.96. The third-order valence-electron chi connectivity index (χ3n) is 2.63. The van der Waals surface area contributed by atoms with E-state index in [1.165, 1.54) is 11.3 Å². The van der Waals surface area contributed by atoms with Crippen LogP contribution in [-0.4, -0.2) is 30.3 Å². The molecule has 0 aromatic carbocycles. The molecule has 2 heterocycles. The molecule has 0 aliphatic rings. The van der Waals surface area contributed by atoms with Crippen molar-refractivity contribution in [2.24, 2.45) is 0 Å². The van der Waals surface area contributed by atoms with Gasteiger partial charge in [-0.3, -0.25) is 4.18 Å². The molecule has 2 aromatic rings. The van der Waals surface area contributed by atoms with Crippen molar-refractivity contribution in [3.63, 3.8) is 0 Å². The van der Waals surface area contributed by atoms with E-state index in [2.05, 4.69) is 4.98 Å². The van der Waals surface area contributed by atoms with Gasteiger partial charge >= 0.3 is 0 Å². The van der Waals surface area contributed by atoms with E-state index in [-0.39, 0.29) is 0 Å².